The Hall–Kier alpha value is -5.20. The molecule has 0 fully saturated rings. The summed E-state index contributed by atoms with van der Waals surface area (Å²) in [4.78, 5) is 18.5. The number of nitrogens with one attached hydrogen (secondary N) is 2. The van der Waals surface area contributed by atoms with E-state index in [9.17, 15) is 0 Å². The van der Waals surface area contributed by atoms with E-state index in [1.165, 1.54) is 0 Å². The Bertz CT molecular complexity index is 2520. The van der Waals surface area contributed by atoms with E-state index in [4.69, 9.17) is 9.97 Å². The predicted molar refractivity (Wildman–Crippen MR) is 199 cm³/mol. The summed E-state index contributed by atoms with van der Waals surface area (Å²) in [6.07, 6.45) is 21.1. The monoisotopic (exact) mass is 751 g/mol. The second-order valence-corrected chi connectivity index (χ2v) is 14.6. The molecule has 7 aromatic heterocycles. The van der Waals surface area contributed by atoms with Crippen LogP contribution in [-0.4, -0.2) is 29.1 Å². The molecule has 0 aromatic carbocycles. The molecule has 0 saturated carbocycles. The average Bonchev–Trinajstić information content (AvgIpc) is 3.94. The number of thiazole rings is 2. The fourth-order valence-corrected chi connectivity index (χ4v) is 9.02. The molecule has 7 aromatic rings. The number of H-pyrrole nitrogens is 2. The van der Waals surface area contributed by atoms with E-state index in [0.29, 0.717) is 0 Å². The summed E-state index contributed by atoms with van der Waals surface area (Å²) in [7, 11) is 12.5. The van der Waals surface area contributed by atoms with Crippen molar-refractivity contribution in [3.63, 3.8) is 0 Å². The molecule has 0 aliphatic carbocycles. The molecular weight excluding hydrogens is 716 g/mol. The van der Waals surface area contributed by atoms with E-state index >= 15 is 0 Å². The van der Waals surface area contributed by atoms with Gasteiger partial charge in [0.1, 0.15) is 61.1 Å². The maximum Gasteiger partial charge on any atom is 3.00 e. The van der Waals surface area contributed by atoms with Gasteiger partial charge in [-0.3, -0.25) is 0 Å². The number of hydrogen-bond donors (Lipinski definition) is 2. The average molecular weight is 752 g/mol. The quantitative estimate of drug-likeness (QED) is 0.186. The molecule has 0 spiro atoms. The Labute approximate surface area is 313 Å². The fourth-order valence-electron chi connectivity index (χ4n) is 7.16. The smallest absolute Gasteiger partial charge is 0.354 e. The van der Waals surface area contributed by atoms with Crippen molar-refractivity contribution in [2.24, 2.45) is 42.3 Å². The molecule has 2 aliphatic rings. The van der Waals surface area contributed by atoms with E-state index in [1.807, 2.05) is 0 Å². The van der Waals surface area contributed by atoms with Crippen LogP contribution in [0.5, 0.6) is 0 Å². The van der Waals surface area contributed by atoms with E-state index in [-0.39, 0.29) is 17.1 Å². The van der Waals surface area contributed by atoms with Crippen LogP contribution in [0.1, 0.15) is 22.8 Å². The van der Waals surface area contributed by atoms with Gasteiger partial charge < -0.3 is 9.97 Å². The van der Waals surface area contributed by atoms with Crippen molar-refractivity contribution in [2.45, 2.75) is 0 Å². The maximum atomic E-state index is 5.41. The topological polar surface area (TPSA) is 82.7 Å². The SMILES string of the molecule is Cn1cc[n+](C)c1-c1c2nc(c(-c3scc[n+]3C)c3ccc([nH]3)c(-c3n(C)cc[n+]3C)c3nc(c(-c4scc[n+]4C)c4ccc1[nH]4)C=C3)C=C2.[Mn+3]. The Morgan fingerprint density at radius 3 is 1.18 bits per heavy atom. The van der Waals surface area contributed by atoms with Crippen molar-refractivity contribution < 1.29 is 35.3 Å². The summed E-state index contributed by atoms with van der Waals surface area (Å²) >= 11 is 3.41. The second kappa shape index (κ2) is 12.5. The third kappa shape index (κ3) is 5.27. The molecule has 10 nitrogen and oxygen atoms in total. The van der Waals surface area contributed by atoms with E-state index in [1.54, 1.807) is 22.7 Å². The van der Waals surface area contributed by atoms with Crippen LogP contribution >= 0.6 is 22.7 Å². The minimum Gasteiger partial charge on any atom is -0.354 e. The number of aromatic amines is 2. The van der Waals surface area contributed by atoms with Gasteiger partial charge in [-0.15, -0.1) is 0 Å². The standard InChI is InChI=1S/C38H35N10S2.Mn/c1-43-15-16-44(2)35(43)31-23-7-11-27(39-23)33(37-47(5)19-21-49-37)29-13-9-25(41-29)32(36-45(3)17-18-46(36)4)26-10-14-30(42-26)34(28-12-8-24(31)40-28)38-48(6)20-22-50-38;/h7-22H,1-6H3,(H,39,40,41,42);/q2*+3/p+1. The Kier molecular flexibility index (Phi) is 8.10. The Morgan fingerprint density at radius 2 is 0.863 bits per heavy atom. The first-order chi connectivity index (χ1) is 24.3. The summed E-state index contributed by atoms with van der Waals surface area (Å²) < 4.78 is 12.9. The number of nitrogens with zero attached hydrogens (tertiary/aromatic N) is 8. The number of aromatic nitrogens is 10. The first kappa shape index (κ1) is 33.0. The third-order valence-corrected chi connectivity index (χ3v) is 11.5. The van der Waals surface area contributed by atoms with Crippen LogP contribution in [0.4, 0.5) is 0 Å². The second-order valence-electron chi connectivity index (χ2n) is 12.8. The van der Waals surface area contributed by atoms with Crippen LogP contribution in [0.3, 0.4) is 0 Å². The first-order valence-electron chi connectivity index (χ1n) is 16.3. The molecule has 9 heterocycles. The molecule has 0 radical (unpaired) electrons. The number of imidazole rings is 2. The van der Waals surface area contributed by atoms with Gasteiger partial charge in [0.05, 0.1) is 83.8 Å². The van der Waals surface area contributed by atoms with Crippen LogP contribution in [0.25, 0.3) is 90.3 Å². The fraction of sp³-hybridized carbons (Fsp3) is 0.158. The first-order valence-corrected chi connectivity index (χ1v) is 18.1. The molecule has 2 aliphatic heterocycles. The molecule has 250 valence electrons. The van der Waals surface area contributed by atoms with Gasteiger partial charge in [0.25, 0.3) is 21.7 Å². The molecule has 0 unspecified atom stereocenters. The third-order valence-electron chi connectivity index (χ3n) is 9.56. The zero-order valence-corrected chi connectivity index (χ0v) is 31.8. The minimum atomic E-state index is 0. The zero-order chi connectivity index (χ0) is 34.3. The number of fused-ring (bicyclic) bond motifs is 8. The van der Waals surface area contributed by atoms with Gasteiger partial charge >= 0.3 is 17.1 Å². The van der Waals surface area contributed by atoms with Gasteiger partial charge in [0.15, 0.2) is 12.4 Å². The molecule has 8 bridgehead atoms. The van der Waals surface area contributed by atoms with E-state index in [2.05, 4.69) is 176 Å². The van der Waals surface area contributed by atoms with Gasteiger partial charge in [-0.1, -0.05) is 22.7 Å². The van der Waals surface area contributed by atoms with Gasteiger partial charge in [-0.05, 0) is 48.6 Å². The van der Waals surface area contributed by atoms with Gasteiger partial charge in [0, 0.05) is 0 Å². The van der Waals surface area contributed by atoms with Crippen molar-refractivity contribution in [1.29, 1.82) is 0 Å². The van der Waals surface area contributed by atoms with Crippen molar-refractivity contribution in [3.05, 3.63) is 95.0 Å². The van der Waals surface area contributed by atoms with E-state index in [0.717, 1.165) is 88.8 Å². The predicted octanol–water partition coefficient (Wildman–Crippen LogP) is 5.42. The maximum absolute atomic E-state index is 5.41. The molecular formula is C38H36MnN10S2+7. The summed E-state index contributed by atoms with van der Waals surface area (Å²) in [6, 6.07) is 8.69. The minimum absolute atomic E-state index is 0. The Morgan fingerprint density at radius 1 is 0.510 bits per heavy atom. The summed E-state index contributed by atoms with van der Waals surface area (Å²) in [5.74, 6) is 2.09. The van der Waals surface area contributed by atoms with Gasteiger partial charge in [-0.2, -0.15) is 9.13 Å². The van der Waals surface area contributed by atoms with Gasteiger partial charge in [0.2, 0.25) is 0 Å². The number of rotatable bonds is 4. The molecule has 2 N–H and O–H groups in total. The van der Waals surface area contributed by atoms with Crippen molar-refractivity contribution in [2.75, 3.05) is 0 Å². The van der Waals surface area contributed by atoms with Crippen molar-refractivity contribution in [3.8, 4) is 43.9 Å². The van der Waals surface area contributed by atoms with Crippen LogP contribution in [-0.2, 0) is 59.4 Å². The normalized spacial score (nSPS) is 12.2. The van der Waals surface area contributed by atoms with Crippen molar-refractivity contribution in [1.82, 2.24) is 29.1 Å². The Balaban J connectivity index is 0.00000374. The van der Waals surface area contributed by atoms with Crippen LogP contribution in [0.15, 0.2) is 72.2 Å². The van der Waals surface area contributed by atoms with E-state index < -0.39 is 0 Å². The van der Waals surface area contributed by atoms with Crippen LogP contribution in [0.2, 0.25) is 0 Å². The van der Waals surface area contributed by atoms with Gasteiger partial charge in [-0.25, -0.2) is 28.2 Å². The molecule has 9 rings (SSSR count). The van der Waals surface area contributed by atoms with Crippen LogP contribution < -0.4 is 18.3 Å². The number of aryl methyl sites for hydroxylation is 6. The largest absolute Gasteiger partial charge is 3.00 e. The molecule has 0 atom stereocenters. The zero-order valence-electron chi connectivity index (χ0n) is 29.0. The molecule has 51 heavy (non-hydrogen) atoms. The van der Waals surface area contributed by atoms with Crippen LogP contribution in [0, 0.1) is 0 Å². The summed E-state index contributed by atoms with van der Waals surface area (Å²) in [5, 5.41) is 6.46. The summed E-state index contributed by atoms with van der Waals surface area (Å²) in [5.41, 5.74) is 11.6. The number of hydrogen-bond acceptors (Lipinski definition) is 4. The van der Waals surface area contributed by atoms with Crippen molar-refractivity contribution >= 4 is 69.0 Å². The molecule has 0 amide bonds. The molecule has 13 heteroatoms. The molecule has 0 saturated heterocycles. The summed E-state index contributed by atoms with van der Waals surface area (Å²) in [6.45, 7) is 0.